The van der Waals surface area contributed by atoms with Crippen molar-refractivity contribution in [1.29, 1.82) is 0 Å². The van der Waals surface area contributed by atoms with E-state index in [-0.39, 0.29) is 17.8 Å². The molecule has 0 aliphatic carbocycles. The number of carbonyl (C=O) groups is 2. The molecule has 0 N–H and O–H groups in total. The van der Waals surface area contributed by atoms with Crippen molar-refractivity contribution >= 4 is 11.9 Å². The number of hydrogen-bond donors (Lipinski definition) is 0. The molecule has 0 spiro atoms. The number of rotatable bonds is 9. The molecule has 172 valence electrons. The fraction of sp³-hybridized carbons (Fsp3) is 0.417. The fourth-order valence-electron chi connectivity index (χ4n) is 3.94. The van der Waals surface area contributed by atoms with E-state index in [9.17, 15) is 9.59 Å². The summed E-state index contributed by atoms with van der Waals surface area (Å²) in [5, 5.41) is 0. The predicted molar refractivity (Wildman–Crippen MR) is 116 cm³/mol. The second-order valence-corrected chi connectivity index (χ2v) is 7.52. The monoisotopic (exact) mass is 444 g/mol. The zero-order valence-corrected chi connectivity index (χ0v) is 18.9. The van der Waals surface area contributed by atoms with Gasteiger partial charge in [0.1, 0.15) is 0 Å². The first-order valence-electron chi connectivity index (χ1n) is 10.2. The molecule has 1 fully saturated rings. The SMILES string of the molecule is COc1cc(C[C@H]2C(=O)OC[C@@H]2Cc2cc(OC)c(OC)c(OC)c2)ccc1OC(C)=O. The van der Waals surface area contributed by atoms with Crippen LogP contribution >= 0.6 is 0 Å². The third kappa shape index (κ3) is 5.07. The lowest BCUT2D eigenvalue weighted by molar-refractivity contribution is -0.141. The molecule has 0 aromatic heterocycles. The molecule has 2 aromatic rings. The Kier molecular flexibility index (Phi) is 7.45. The van der Waals surface area contributed by atoms with Gasteiger partial charge in [0, 0.05) is 12.8 Å². The molecule has 0 radical (unpaired) electrons. The molecule has 32 heavy (non-hydrogen) atoms. The maximum absolute atomic E-state index is 12.5. The third-order valence-corrected chi connectivity index (χ3v) is 5.47. The molecule has 2 aromatic carbocycles. The first-order chi connectivity index (χ1) is 15.4. The van der Waals surface area contributed by atoms with Gasteiger partial charge >= 0.3 is 11.9 Å². The first kappa shape index (κ1) is 23.2. The molecular formula is C24H28O8. The molecule has 8 heteroatoms. The number of hydrogen-bond acceptors (Lipinski definition) is 8. The molecule has 3 rings (SSSR count). The number of methoxy groups -OCH3 is 4. The van der Waals surface area contributed by atoms with Crippen LogP contribution < -0.4 is 23.7 Å². The van der Waals surface area contributed by atoms with Crippen LogP contribution in [-0.4, -0.2) is 47.0 Å². The zero-order valence-electron chi connectivity index (χ0n) is 18.9. The van der Waals surface area contributed by atoms with E-state index in [1.54, 1.807) is 33.5 Å². The van der Waals surface area contributed by atoms with Crippen LogP contribution in [0.2, 0.25) is 0 Å². The smallest absolute Gasteiger partial charge is 0.309 e. The van der Waals surface area contributed by atoms with E-state index in [4.69, 9.17) is 28.4 Å². The van der Waals surface area contributed by atoms with Crippen molar-refractivity contribution in [2.24, 2.45) is 11.8 Å². The highest BCUT2D eigenvalue weighted by molar-refractivity contribution is 5.75. The van der Waals surface area contributed by atoms with Gasteiger partial charge in [-0.2, -0.15) is 0 Å². The van der Waals surface area contributed by atoms with Gasteiger partial charge in [-0.15, -0.1) is 0 Å². The summed E-state index contributed by atoms with van der Waals surface area (Å²) in [7, 11) is 6.20. The van der Waals surface area contributed by atoms with Gasteiger partial charge in [-0.3, -0.25) is 9.59 Å². The van der Waals surface area contributed by atoms with Crippen LogP contribution in [0.1, 0.15) is 18.1 Å². The Morgan fingerprint density at radius 1 is 0.875 bits per heavy atom. The summed E-state index contributed by atoms with van der Waals surface area (Å²) >= 11 is 0. The van der Waals surface area contributed by atoms with Gasteiger partial charge in [-0.1, -0.05) is 6.07 Å². The minimum atomic E-state index is -0.430. The van der Waals surface area contributed by atoms with Gasteiger partial charge in [0.25, 0.3) is 0 Å². The van der Waals surface area contributed by atoms with Crippen molar-refractivity contribution in [3.8, 4) is 28.7 Å². The lowest BCUT2D eigenvalue weighted by Gasteiger charge is -2.18. The molecule has 0 amide bonds. The van der Waals surface area contributed by atoms with E-state index in [0.717, 1.165) is 11.1 Å². The van der Waals surface area contributed by atoms with Gasteiger partial charge in [0.15, 0.2) is 23.0 Å². The van der Waals surface area contributed by atoms with Crippen molar-refractivity contribution in [2.45, 2.75) is 19.8 Å². The second-order valence-electron chi connectivity index (χ2n) is 7.52. The quantitative estimate of drug-likeness (QED) is 0.430. The van der Waals surface area contributed by atoms with Crippen LogP contribution in [0.25, 0.3) is 0 Å². The molecule has 1 saturated heterocycles. The Bertz CT molecular complexity index is 959. The lowest BCUT2D eigenvalue weighted by atomic mass is 9.85. The second kappa shape index (κ2) is 10.3. The van der Waals surface area contributed by atoms with Crippen molar-refractivity contribution in [2.75, 3.05) is 35.0 Å². The van der Waals surface area contributed by atoms with E-state index in [2.05, 4.69) is 0 Å². The molecule has 1 heterocycles. The molecular weight excluding hydrogens is 416 g/mol. The number of ether oxygens (including phenoxy) is 6. The Morgan fingerprint density at radius 2 is 1.50 bits per heavy atom. The summed E-state index contributed by atoms with van der Waals surface area (Å²) in [6.07, 6.45) is 1.08. The van der Waals surface area contributed by atoms with Crippen molar-refractivity contribution in [3.05, 3.63) is 41.5 Å². The van der Waals surface area contributed by atoms with Crippen LogP contribution in [0.4, 0.5) is 0 Å². The fourth-order valence-corrected chi connectivity index (χ4v) is 3.94. The molecule has 1 aliphatic heterocycles. The highest BCUT2D eigenvalue weighted by atomic mass is 16.6. The van der Waals surface area contributed by atoms with Gasteiger partial charge < -0.3 is 28.4 Å². The Labute approximate surface area is 187 Å². The average Bonchev–Trinajstić information content (AvgIpc) is 3.12. The summed E-state index contributed by atoms with van der Waals surface area (Å²) in [5.41, 5.74) is 1.84. The summed E-state index contributed by atoms with van der Waals surface area (Å²) < 4.78 is 32.1. The van der Waals surface area contributed by atoms with Gasteiger partial charge in [-0.05, 0) is 48.2 Å². The Balaban J connectivity index is 1.81. The summed E-state index contributed by atoms with van der Waals surface area (Å²) in [4.78, 5) is 23.8. The number of carbonyl (C=O) groups excluding carboxylic acids is 2. The largest absolute Gasteiger partial charge is 0.493 e. The first-order valence-corrected chi connectivity index (χ1v) is 10.2. The number of esters is 2. The minimum Gasteiger partial charge on any atom is -0.493 e. The molecule has 8 nitrogen and oxygen atoms in total. The van der Waals surface area contributed by atoms with E-state index >= 15 is 0 Å². The normalized spacial score (nSPS) is 17.5. The van der Waals surface area contributed by atoms with Gasteiger partial charge in [-0.25, -0.2) is 0 Å². The minimum absolute atomic E-state index is 0.0237. The van der Waals surface area contributed by atoms with Gasteiger partial charge in [0.05, 0.1) is 41.0 Å². The molecule has 2 atom stereocenters. The molecule has 0 saturated carbocycles. The van der Waals surface area contributed by atoms with Crippen LogP contribution in [0.5, 0.6) is 28.7 Å². The zero-order chi connectivity index (χ0) is 23.3. The van der Waals surface area contributed by atoms with Crippen LogP contribution in [0.3, 0.4) is 0 Å². The van der Waals surface area contributed by atoms with E-state index in [0.29, 0.717) is 48.2 Å². The van der Waals surface area contributed by atoms with Crippen LogP contribution in [0.15, 0.2) is 30.3 Å². The van der Waals surface area contributed by atoms with Crippen molar-refractivity contribution in [1.82, 2.24) is 0 Å². The lowest BCUT2D eigenvalue weighted by Crippen LogP contribution is -2.21. The highest BCUT2D eigenvalue weighted by Crippen LogP contribution is 2.40. The summed E-state index contributed by atoms with van der Waals surface area (Å²) in [5.74, 6) is 1.42. The van der Waals surface area contributed by atoms with Crippen molar-refractivity contribution in [3.63, 3.8) is 0 Å². The van der Waals surface area contributed by atoms with E-state index < -0.39 is 5.97 Å². The topological polar surface area (TPSA) is 89.5 Å². The van der Waals surface area contributed by atoms with Crippen LogP contribution in [-0.2, 0) is 27.2 Å². The number of benzene rings is 2. The molecule has 1 aliphatic rings. The standard InChI is InChI=1S/C24H28O8/c1-14(25)32-19-7-6-15(10-20(19)27-2)9-18-17(13-31-24(18)26)8-16-11-21(28-3)23(30-5)22(12-16)29-4/h6-7,10-12,17-18H,8-9,13H2,1-5H3/t17-,18+/m0/s1. The molecule has 0 bridgehead atoms. The van der Waals surface area contributed by atoms with Crippen molar-refractivity contribution < 1.29 is 38.0 Å². The maximum Gasteiger partial charge on any atom is 0.309 e. The average molecular weight is 444 g/mol. The highest BCUT2D eigenvalue weighted by Gasteiger charge is 2.37. The van der Waals surface area contributed by atoms with Gasteiger partial charge in [0.2, 0.25) is 5.75 Å². The predicted octanol–water partition coefficient (Wildman–Crippen LogP) is 3.22. The maximum atomic E-state index is 12.5. The van der Waals surface area contributed by atoms with Crippen LogP contribution in [0, 0.1) is 11.8 Å². The summed E-state index contributed by atoms with van der Waals surface area (Å²) in [6, 6.07) is 9.05. The third-order valence-electron chi connectivity index (χ3n) is 5.47. The molecule has 0 unspecified atom stereocenters. The van der Waals surface area contributed by atoms with E-state index in [1.807, 2.05) is 18.2 Å². The Morgan fingerprint density at radius 3 is 2.06 bits per heavy atom. The van der Waals surface area contributed by atoms with E-state index in [1.165, 1.54) is 14.0 Å². The number of cyclic esters (lactones) is 1. The Hall–Kier alpha value is -3.42. The summed E-state index contributed by atoms with van der Waals surface area (Å²) in [6.45, 7) is 1.67.